The average Bonchev–Trinajstić information content (AvgIpc) is 2.23. The maximum Gasteiger partial charge on any atom is 0.0624 e. The summed E-state index contributed by atoms with van der Waals surface area (Å²) < 4.78 is 0.798. The van der Waals surface area contributed by atoms with Gasteiger partial charge in [0, 0.05) is 6.04 Å². The highest BCUT2D eigenvalue weighted by atomic mass is 127. The summed E-state index contributed by atoms with van der Waals surface area (Å²) in [6.45, 7) is 0. The lowest BCUT2D eigenvalue weighted by atomic mass is 10.1. The molecule has 8 heavy (non-hydrogen) atoms. The van der Waals surface area contributed by atoms with Gasteiger partial charge in [0.15, 0.2) is 0 Å². The molecule has 1 N–H and O–H groups in total. The standard InChI is InChI=1S/C6H10IN/c7-6-4-1-2-5(3-4)8-6/h4-6,8H,1-3H2. The lowest BCUT2D eigenvalue weighted by Gasteiger charge is -2.16. The van der Waals surface area contributed by atoms with Crippen LogP contribution in [0.2, 0.25) is 0 Å². The number of rotatable bonds is 0. The molecular formula is C6H10IN. The highest BCUT2D eigenvalue weighted by Crippen LogP contribution is 2.37. The van der Waals surface area contributed by atoms with Crippen molar-refractivity contribution in [2.24, 2.45) is 5.92 Å². The zero-order chi connectivity index (χ0) is 5.56. The Morgan fingerprint density at radius 3 is 2.50 bits per heavy atom. The van der Waals surface area contributed by atoms with E-state index in [-0.39, 0.29) is 0 Å². The number of fused-ring (bicyclic) bond motifs is 2. The van der Waals surface area contributed by atoms with Crippen molar-refractivity contribution >= 4 is 22.6 Å². The van der Waals surface area contributed by atoms with Crippen LogP contribution in [0.5, 0.6) is 0 Å². The number of halogens is 1. The Balaban J connectivity index is 2.11. The van der Waals surface area contributed by atoms with Gasteiger partial charge in [-0.2, -0.15) is 0 Å². The molecule has 2 rings (SSSR count). The molecule has 0 spiro atoms. The van der Waals surface area contributed by atoms with E-state index in [1.165, 1.54) is 19.3 Å². The van der Waals surface area contributed by atoms with Crippen molar-refractivity contribution in [3.05, 3.63) is 0 Å². The largest absolute Gasteiger partial charge is 0.302 e. The molecule has 2 bridgehead atoms. The van der Waals surface area contributed by atoms with Crippen molar-refractivity contribution in [1.82, 2.24) is 5.32 Å². The first-order valence-electron chi connectivity index (χ1n) is 3.26. The third kappa shape index (κ3) is 0.692. The maximum atomic E-state index is 3.54. The first-order chi connectivity index (χ1) is 3.86. The van der Waals surface area contributed by atoms with E-state index < -0.39 is 0 Å². The van der Waals surface area contributed by atoms with Crippen LogP contribution in [0.1, 0.15) is 19.3 Å². The zero-order valence-electron chi connectivity index (χ0n) is 4.73. The number of hydrogen-bond donors (Lipinski definition) is 1. The van der Waals surface area contributed by atoms with E-state index in [1.54, 1.807) is 0 Å². The fraction of sp³-hybridized carbons (Fsp3) is 1.00. The van der Waals surface area contributed by atoms with Crippen molar-refractivity contribution in [2.75, 3.05) is 0 Å². The summed E-state index contributed by atoms with van der Waals surface area (Å²) in [5.74, 6) is 1.01. The minimum Gasteiger partial charge on any atom is -0.302 e. The SMILES string of the molecule is IC1NC2CCC1C2. The van der Waals surface area contributed by atoms with Crippen LogP contribution < -0.4 is 5.32 Å². The summed E-state index contributed by atoms with van der Waals surface area (Å²) in [5, 5.41) is 3.54. The Bertz CT molecular complexity index is 103. The molecule has 2 fully saturated rings. The van der Waals surface area contributed by atoms with Crippen LogP contribution in [-0.2, 0) is 0 Å². The lowest BCUT2D eigenvalue weighted by Crippen LogP contribution is -2.30. The minimum atomic E-state index is 0.798. The second-order valence-electron chi connectivity index (χ2n) is 2.84. The van der Waals surface area contributed by atoms with Gasteiger partial charge in [-0.25, -0.2) is 0 Å². The first kappa shape index (κ1) is 5.47. The van der Waals surface area contributed by atoms with E-state index >= 15 is 0 Å². The molecule has 1 aliphatic carbocycles. The third-order valence-corrected chi connectivity index (χ3v) is 3.66. The minimum absolute atomic E-state index is 0.798. The van der Waals surface area contributed by atoms with Gasteiger partial charge in [0.1, 0.15) is 0 Å². The van der Waals surface area contributed by atoms with E-state index in [1.807, 2.05) is 0 Å². The van der Waals surface area contributed by atoms with Gasteiger partial charge in [-0.3, -0.25) is 0 Å². The predicted molar refractivity (Wildman–Crippen MR) is 42.1 cm³/mol. The van der Waals surface area contributed by atoms with E-state index in [0.717, 1.165) is 16.0 Å². The highest BCUT2D eigenvalue weighted by Gasteiger charge is 2.37. The molecule has 0 aromatic carbocycles. The molecular weight excluding hydrogens is 213 g/mol. The van der Waals surface area contributed by atoms with Gasteiger partial charge >= 0.3 is 0 Å². The van der Waals surface area contributed by atoms with Gasteiger partial charge in [0.05, 0.1) is 4.05 Å². The molecule has 3 atom stereocenters. The molecule has 1 nitrogen and oxygen atoms in total. The smallest absolute Gasteiger partial charge is 0.0624 e. The Labute approximate surface area is 63.4 Å². The molecule has 0 aromatic heterocycles. The number of hydrogen-bond acceptors (Lipinski definition) is 1. The molecule has 1 saturated heterocycles. The number of piperidine rings is 1. The fourth-order valence-electron chi connectivity index (χ4n) is 1.79. The third-order valence-electron chi connectivity index (χ3n) is 2.28. The van der Waals surface area contributed by atoms with Gasteiger partial charge < -0.3 is 5.32 Å². The van der Waals surface area contributed by atoms with Crippen molar-refractivity contribution in [2.45, 2.75) is 29.4 Å². The van der Waals surface area contributed by atoms with E-state index in [2.05, 4.69) is 27.9 Å². The Morgan fingerprint density at radius 2 is 2.25 bits per heavy atom. The van der Waals surface area contributed by atoms with Gasteiger partial charge in [0.2, 0.25) is 0 Å². The van der Waals surface area contributed by atoms with E-state index in [4.69, 9.17) is 0 Å². The molecule has 2 heteroatoms. The molecule has 2 aliphatic rings. The summed E-state index contributed by atoms with van der Waals surface area (Å²) in [7, 11) is 0. The first-order valence-corrected chi connectivity index (χ1v) is 4.51. The summed E-state index contributed by atoms with van der Waals surface area (Å²) >= 11 is 2.51. The molecule has 1 aliphatic heterocycles. The van der Waals surface area contributed by atoms with Crippen molar-refractivity contribution in [1.29, 1.82) is 0 Å². The van der Waals surface area contributed by atoms with Crippen LogP contribution in [0.3, 0.4) is 0 Å². The maximum absolute atomic E-state index is 3.54. The summed E-state index contributed by atoms with van der Waals surface area (Å²) in [6, 6.07) is 0.891. The molecule has 0 aromatic rings. The monoisotopic (exact) mass is 223 g/mol. The Kier molecular flexibility index (Phi) is 1.26. The number of nitrogens with one attached hydrogen (secondary N) is 1. The van der Waals surface area contributed by atoms with Gasteiger partial charge in [-0.05, 0) is 25.2 Å². The summed E-state index contributed by atoms with van der Waals surface area (Å²) in [5.41, 5.74) is 0. The molecule has 3 unspecified atom stereocenters. The molecule has 46 valence electrons. The van der Waals surface area contributed by atoms with Crippen molar-refractivity contribution in [3.8, 4) is 0 Å². The van der Waals surface area contributed by atoms with Gasteiger partial charge in [0.25, 0.3) is 0 Å². The van der Waals surface area contributed by atoms with E-state index in [0.29, 0.717) is 0 Å². The van der Waals surface area contributed by atoms with Crippen LogP contribution in [0, 0.1) is 5.92 Å². The van der Waals surface area contributed by atoms with Crippen LogP contribution in [0.15, 0.2) is 0 Å². The Hall–Kier alpha value is 0.690. The highest BCUT2D eigenvalue weighted by molar-refractivity contribution is 14.1. The lowest BCUT2D eigenvalue weighted by molar-refractivity contribution is 0.488. The second-order valence-corrected chi connectivity index (χ2v) is 4.18. The topological polar surface area (TPSA) is 12.0 Å². The molecule has 1 heterocycles. The quantitative estimate of drug-likeness (QED) is 0.373. The summed E-state index contributed by atoms with van der Waals surface area (Å²) in [6.07, 6.45) is 4.36. The van der Waals surface area contributed by atoms with Crippen LogP contribution >= 0.6 is 22.6 Å². The molecule has 0 radical (unpaired) electrons. The average molecular weight is 223 g/mol. The zero-order valence-corrected chi connectivity index (χ0v) is 6.89. The van der Waals surface area contributed by atoms with Gasteiger partial charge in [-0.15, -0.1) is 0 Å². The Morgan fingerprint density at radius 1 is 1.38 bits per heavy atom. The van der Waals surface area contributed by atoms with Gasteiger partial charge in [-0.1, -0.05) is 22.6 Å². The van der Waals surface area contributed by atoms with Crippen LogP contribution in [-0.4, -0.2) is 10.1 Å². The normalized spacial score (nSPS) is 52.9. The summed E-state index contributed by atoms with van der Waals surface area (Å²) in [4.78, 5) is 0. The molecule has 0 amide bonds. The van der Waals surface area contributed by atoms with E-state index in [9.17, 15) is 0 Å². The predicted octanol–water partition coefficient (Wildman–Crippen LogP) is 1.52. The number of alkyl halides is 1. The second kappa shape index (κ2) is 1.84. The van der Waals surface area contributed by atoms with Crippen LogP contribution in [0.4, 0.5) is 0 Å². The van der Waals surface area contributed by atoms with Crippen molar-refractivity contribution in [3.63, 3.8) is 0 Å². The fourth-order valence-corrected chi connectivity index (χ4v) is 2.96. The molecule has 1 saturated carbocycles. The van der Waals surface area contributed by atoms with Crippen LogP contribution in [0.25, 0.3) is 0 Å². The van der Waals surface area contributed by atoms with Crippen molar-refractivity contribution < 1.29 is 0 Å².